The van der Waals surface area contributed by atoms with E-state index in [9.17, 15) is 9.90 Å². The second-order valence-electron chi connectivity index (χ2n) is 8.51. The summed E-state index contributed by atoms with van der Waals surface area (Å²) in [5.41, 5.74) is 0.867. The Kier molecular flexibility index (Phi) is 7.22. The van der Waals surface area contributed by atoms with E-state index < -0.39 is 5.60 Å². The summed E-state index contributed by atoms with van der Waals surface area (Å²) in [6.07, 6.45) is 3.37. The predicted molar refractivity (Wildman–Crippen MR) is 121 cm³/mol. The molecule has 3 heterocycles. The molecule has 2 N–H and O–H groups in total. The quantitative estimate of drug-likeness (QED) is 0.687. The number of hydrogen-bond donors (Lipinski definition) is 2. The summed E-state index contributed by atoms with van der Waals surface area (Å²) in [5.74, 6) is 0. The van der Waals surface area contributed by atoms with Crippen LogP contribution < -0.4 is 5.32 Å². The number of thiazole rings is 1. The zero-order valence-corrected chi connectivity index (χ0v) is 18.9. The molecule has 2 saturated heterocycles. The number of rotatable bonds is 7. The summed E-state index contributed by atoms with van der Waals surface area (Å²) in [7, 11) is 1.75. The van der Waals surface area contributed by atoms with E-state index in [0.717, 1.165) is 42.4 Å². The van der Waals surface area contributed by atoms with Crippen LogP contribution in [0.3, 0.4) is 0 Å². The van der Waals surface area contributed by atoms with Crippen molar-refractivity contribution in [1.29, 1.82) is 0 Å². The molecule has 2 aliphatic rings. The fraction of sp³-hybridized carbons (Fsp3) is 0.565. The van der Waals surface area contributed by atoms with Gasteiger partial charge in [0, 0.05) is 38.2 Å². The number of nitrogens with one attached hydrogen (secondary N) is 1. The lowest BCUT2D eigenvalue weighted by Gasteiger charge is -2.37. The SMILES string of the molecule is COC[C@H]1CCCN1Cc1nc(C2(O)CCN(C(=O)NCc3ccccc3)CC2)cs1. The van der Waals surface area contributed by atoms with Crippen LogP contribution in [0, 0.1) is 0 Å². The lowest BCUT2D eigenvalue weighted by molar-refractivity contribution is -0.0201. The topological polar surface area (TPSA) is 77.9 Å². The van der Waals surface area contributed by atoms with E-state index in [2.05, 4.69) is 10.2 Å². The van der Waals surface area contributed by atoms with Gasteiger partial charge in [0.05, 0.1) is 18.8 Å². The molecule has 2 aromatic rings. The first-order valence-electron chi connectivity index (χ1n) is 11.0. The van der Waals surface area contributed by atoms with Gasteiger partial charge in [0.15, 0.2) is 0 Å². The Morgan fingerprint density at radius 3 is 2.81 bits per heavy atom. The number of urea groups is 1. The average molecular weight is 445 g/mol. The van der Waals surface area contributed by atoms with E-state index in [1.807, 2.05) is 35.7 Å². The van der Waals surface area contributed by atoms with Crippen LogP contribution in [0.2, 0.25) is 0 Å². The lowest BCUT2D eigenvalue weighted by Crippen LogP contribution is -2.48. The molecular formula is C23H32N4O3S. The Hall–Kier alpha value is -2.00. The summed E-state index contributed by atoms with van der Waals surface area (Å²) in [6, 6.07) is 10.3. The van der Waals surface area contributed by atoms with Crippen LogP contribution in [0.1, 0.15) is 41.9 Å². The summed E-state index contributed by atoms with van der Waals surface area (Å²) in [6.45, 7) is 4.18. The molecule has 0 spiro atoms. The van der Waals surface area contributed by atoms with Crippen LogP contribution in [-0.2, 0) is 23.4 Å². The molecule has 0 radical (unpaired) electrons. The third-order valence-electron chi connectivity index (χ3n) is 6.39. The van der Waals surface area contributed by atoms with Gasteiger partial charge in [0.1, 0.15) is 10.6 Å². The van der Waals surface area contributed by atoms with Crippen LogP contribution >= 0.6 is 11.3 Å². The van der Waals surface area contributed by atoms with Gasteiger partial charge in [-0.1, -0.05) is 30.3 Å². The van der Waals surface area contributed by atoms with Crippen molar-refractivity contribution in [3.63, 3.8) is 0 Å². The molecule has 2 aliphatic heterocycles. The maximum atomic E-state index is 12.5. The number of amides is 2. The molecule has 0 saturated carbocycles. The van der Waals surface area contributed by atoms with Gasteiger partial charge < -0.3 is 20.1 Å². The summed E-state index contributed by atoms with van der Waals surface area (Å²) >= 11 is 1.62. The van der Waals surface area contributed by atoms with Crippen molar-refractivity contribution in [3.8, 4) is 0 Å². The second-order valence-corrected chi connectivity index (χ2v) is 9.45. The highest BCUT2D eigenvalue weighted by Gasteiger charge is 2.37. The maximum absolute atomic E-state index is 12.5. The monoisotopic (exact) mass is 444 g/mol. The first kappa shape index (κ1) is 22.2. The number of likely N-dealkylation sites (tertiary alicyclic amines) is 2. The maximum Gasteiger partial charge on any atom is 0.317 e. The number of aromatic nitrogens is 1. The third-order valence-corrected chi connectivity index (χ3v) is 7.22. The molecule has 4 rings (SSSR count). The normalized spacial score (nSPS) is 21.4. The molecule has 0 aliphatic carbocycles. The van der Waals surface area contributed by atoms with Gasteiger partial charge in [-0.05, 0) is 37.8 Å². The highest BCUT2D eigenvalue weighted by atomic mass is 32.1. The minimum absolute atomic E-state index is 0.0805. The average Bonchev–Trinajstić information content (AvgIpc) is 3.44. The first-order chi connectivity index (χ1) is 15.1. The molecule has 1 aromatic carbocycles. The fourth-order valence-electron chi connectivity index (χ4n) is 4.48. The second kappa shape index (κ2) is 10.1. The molecule has 8 heteroatoms. The van der Waals surface area contributed by atoms with Crippen molar-refractivity contribution < 1.29 is 14.6 Å². The fourth-order valence-corrected chi connectivity index (χ4v) is 5.39. The van der Waals surface area contributed by atoms with Crippen LogP contribution in [0.4, 0.5) is 4.79 Å². The van der Waals surface area contributed by atoms with Crippen LogP contribution in [-0.4, -0.2) is 65.3 Å². The minimum atomic E-state index is -0.956. The van der Waals surface area contributed by atoms with Crippen LogP contribution in [0.25, 0.3) is 0 Å². The van der Waals surface area contributed by atoms with E-state index in [-0.39, 0.29) is 6.03 Å². The van der Waals surface area contributed by atoms with Crippen molar-refractivity contribution in [3.05, 3.63) is 52.0 Å². The first-order valence-corrected chi connectivity index (χ1v) is 11.9. The number of methoxy groups -OCH3 is 1. The van der Waals surface area contributed by atoms with E-state index in [1.54, 1.807) is 23.3 Å². The molecule has 1 aromatic heterocycles. The number of ether oxygens (including phenoxy) is 1. The molecule has 168 valence electrons. The minimum Gasteiger partial charge on any atom is -0.383 e. The van der Waals surface area contributed by atoms with Crippen LogP contribution in [0.5, 0.6) is 0 Å². The number of aliphatic hydroxyl groups is 1. The van der Waals surface area contributed by atoms with Crippen molar-refractivity contribution >= 4 is 17.4 Å². The van der Waals surface area contributed by atoms with Gasteiger partial charge in [-0.15, -0.1) is 11.3 Å². The molecule has 0 bridgehead atoms. The number of carbonyl (C=O) groups is 1. The Labute approximate surface area is 188 Å². The smallest absolute Gasteiger partial charge is 0.317 e. The molecule has 2 fully saturated rings. The van der Waals surface area contributed by atoms with E-state index in [4.69, 9.17) is 9.72 Å². The predicted octanol–water partition coefficient (Wildman–Crippen LogP) is 2.95. The highest BCUT2D eigenvalue weighted by molar-refractivity contribution is 7.09. The molecule has 1 atom stereocenters. The van der Waals surface area contributed by atoms with Gasteiger partial charge in [0.25, 0.3) is 0 Å². The van der Waals surface area contributed by atoms with E-state index in [0.29, 0.717) is 38.5 Å². The Morgan fingerprint density at radius 2 is 2.06 bits per heavy atom. The summed E-state index contributed by atoms with van der Waals surface area (Å²) < 4.78 is 5.35. The van der Waals surface area contributed by atoms with Gasteiger partial charge in [-0.2, -0.15) is 0 Å². The van der Waals surface area contributed by atoms with Gasteiger partial charge >= 0.3 is 6.03 Å². The van der Waals surface area contributed by atoms with Gasteiger partial charge in [0.2, 0.25) is 0 Å². The molecule has 7 nitrogen and oxygen atoms in total. The Bertz CT molecular complexity index is 852. The number of hydrogen-bond acceptors (Lipinski definition) is 6. The Balaban J connectivity index is 1.29. The molecule has 31 heavy (non-hydrogen) atoms. The molecular weight excluding hydrogens is 412 g/mol. The van der Waals surface area contributed by atoms with Gasteiger partial charge in [-0.25, -0.2) is 9.78 Å². The van der Waals surface area contributed by atoms with E-state index in [1.165, 1.54) is 6.42 Å². The van der Waals surface area contributed by atoms with Gasteiger partial charge in [-0.3, -0.25) is 4.90 Å². The van der Waals surface area contributed by atoms with Crippen molar-refractivity contribution in [2.45, 2.75) is 50.4 Å². The third kappa shape index (κ3) is 5.44. The number of piperidine rings is 1. The number of benzene rings is 1. The lowest BCUT2D eigenvalue weighted by atomic mass is 9.89. The number of carbonyl (C=O) groups excluding carboxylic acids is 1. The largest absolute Gasteiger partial charge is 0.383 e. The standard InChI is InChI=1S/C23H32N4O3S/c1-30-16-19-8-5-11-27(19)15-21-25-20(17-31-21)23(29)9-12-26(13-10-23)22(28)24-14-18-6-3-2-4-7-18/h2-4,6-7,17,19,29H,5,8-16H2,1H3,(H,24,28)/t19-/m1/s1. The highest BCUT2D eigenvalue weighted by Crippen LogP contribution is 2.34. The van der Waals surface area contributed by atoms with E-state index >= 15 is 0 Å². The van der Waals surface area contributed by atoms with Crippen LogP contribution in [0.15, 0.2) is 35.7 Å². The summed E-state index contributed by atoms with van der Waals surface area (Å²) in [4.78, 5) is 21.5. The number of nitrogens with zero attached hydrogens (tertiary/aromatic N) is 3. The Morgan fingerprint density at radius 1 is 1.29 bits per heavy atom. The van der Waals surface area contributed by atoms with Crippen molar-refractivity contribution in [2.75, 3.05) is 33.4 Å². The zero-order valence-electron chi connectivity index (χ0n) is 18.1. The molecule has 0 unspecified atom stereocenters. The van der Waals surface area contributed by atoms with Crippen molar-refractivity contribution in [1.82, 2.24) is 20.1 Å². The molecule has 2 amide bonds. The zero-order chi connectivity index (χ0) is 21.7. The van der Waals surface area contributed by atoms with Crippen molar-refractivity contribution in [2.24, 2.45) is 0 Å². The summed E-state index contributed by atoms with van der Waals surface area (Å²) in [5, 5.41) is 17.2.